The van der Waals surface area contributed by atoms with Gasteiger partial charge >= 0.3 is 6.09 Å². The van der Waals surface area contributed by atoms with E-state index in [-0.39, 0.29) is 17.2 Å². The van der Waals surface area contributed by atoms with Crippen LogP contribution in [0, 0.1) is 5.82 Å². The van der Waals surface area contributed by atoms with Gasteiger partial charge in [0.25, 0.3) is 5.91 Å². The van der Waals surface area contributed by atoms with Crippen LogP contribution in [-0.4, -0.2) is 32.3 Å². The molecule has 0 fully saturated rings. The summed E-state index contributed by atoms with van der Waals surface area (Å²) in [7, 11) is 1.50. The van der Waals surface area contributed by atoms with Gasteiger partial charge in [-0.3, -0.25) is 10.1 Å². The van der Waals surface area contributed by atoms with Crippen LogP contribution in [0.3, 0.4) is 0 Å². The van der Waals surface area contributed by atoms with Crippen molar-refractivity contribution in [1.82, 2.24) is 0 Å². The van der Waals surface area contributed by atoms with Crippen LogP contribution < -0.4 is 10.6 Å². The molecule has 0 bridgehead atoms. The topological polar surface area (TPSA) is 76.7 Å². The van der Waals surface area contributed by atoms with E-state index in [0.717, 1.165) is 12.1 Å². The Kier molecular flexibility index (Phi) is 6.73. The molecule has 0 heterocycles. The molecule has 0 spiro atoms. The molecule has 0 saturated carbocycles. The number of amides is 2. The zero-order valence-electron chi connectivity index (χ0n) is 13.3. The summed E-state index contributed by atoms with van der Waals surface area (Å²) in [6.45, 7) is 0.420. The molecular formula is C17H16ClFN2O4. The zero-order valence-corrected chi connectivity index (χ0v) is 14.1. The molecule has 6 nitrogen and oxygen atoms in total. The monoisotopic (exact) mass is 366 g/mol. The van der Waals surface area contributed by atoms with Crippen LogP contribution in [0.5, 0.6) is 0 Å². The van der Waals surface area contributed by atoms with Crippen molar-refractivity contribution in [2.24, 2.45) is 0 Å². The first-order chi connectivity index (χ1) is 12.0. The highest BCUT2D eigenvalue weighted by Gasteiger charge is 2.12. The SMILES string of the molecule is COCCOC(=O)Nc1cccc(NC(=O)c2ccc(F)cc2Cl)c1. The van der Waals surface area contributed by atoms with E-state index >= 15 is 0 Å². The Bertz CT molecular complexity index is 770. The Balaban J connectivity index is 2.01. The first kappa shape index (κ1) is 18.7. The molecule has 8 heteroatoms. The summed E-state index contributed by atoms with van der Waals surface area (Å²) in [6, 6.07) is 9.97. The molecule has 0 aromatic heterocycles. The summed E-state index contributed by atoms with van der Waals surface area (Å²) in [6.07, 6.45) is -0.637. The number of anilines is 2. The molecule has 0 atom stereocenters. The molecule has 0 aliphatic carbocycles. The molecular weight excluding hydrogens is 351 g/mol. The van der Waals surface area contributed by atoms with Crippen LogP contribution >= 0.6 is 11.6 Å². The normalized spacial score (nSPS) is 10.2. The highest BCUT2D eigenvalue weighted by atomic mass is 35.5. The fourth-order valence-corrected chi connectivity index (χ4v) is 2.17. The van der Waals surface area contributed by atoms with Crippen molar-refractivity contribution < 1.29 is 23.5 Å². The molecule has 2 aromatic rings. The first-order valence-corrected chi connectivity index (χ1v) is 7.66. The van der Waals surface area contributed by atoms with Crippen LogP contribution in [0.1, 0.15) is 10.4 Å². The molecule has 25 heavy (non-hydrogen) atoms. The molecule has 0 aliphatic heterocycles. The lowest BCUT2D eigenvalue weighted by Crippen LogP contribution is -2.17. The Morgan fingerprint density at radius 3 is 2.48 bits per heavy atom. The van der Waals surface area contributed by atoms with Crippen LogP contribution in [0.2, 0.25) is 5.02 Å². The fraction of sp³-hybridized carbons (Fsp3) is 0.176. The fourth-order valence-electron chi connectivity index (χ4n) is 1.92. The minimum Gasteiger partial charge on any atom is -0.447 e. The molecule has 2 aromatic carbocycles. The van der Waals surface area contributed by atoms with Gasteiger partial charge < -0.3 is 14.8 Å². The van der Waals surface area contributed by atoms with Gasteiger partial charge in [0.15, 0.2) is 0 Å². The minimum absolute atomic E-state index is 0.00787. The van der Waals surface area contributed by atoms with Crippen LogP contribution in [-0.2, 0) is 9.47 Å². The number of ether oxygens (including phenoxy) is 2. The van der Waals surface area contributed by atoms with Gasteiger partial charge in [0.2, 0.25) is 0 Å². The Labute approximate surface area is 148 Å². The average molecular weight is 367 g/mol. The second-order valence-electron chi connectivity index (χ2n) is 4.91. The largest absolute Gasteiger partial charge is 0.447 e. The van der Waals surface area contributed by atoms with Gasteiger partial charge in [0, 0.05) is 18.5 Å². The van der Waals surface area contributed by atoms with E-state index in [0.29, 0.717) is 18.0 Å². The summed E-state index contributed by atoms with van der Waals surface area (Å²) in [5, 5.41) is 5.16. The summed E-state index contributed by atoms with van der Waals surface area (Å²) < 4.78 is 22.7. The molecule has 2 amide bonds. The number of halogens is 2. The maximum Gasteiger partial charge on any atom is 0.411 e. The Morgan fingerprint density at radius 2 is 1.80 bits per heavy atom. The van der Waals surface area contributed by atoms with Crippen LogP contribution in [0.15, 0.2) is 42.5 Å². The number of hydrogen-bond acceptors (Lipinski definition) is 4. The maximum atomic E-state index is 13.0. The number of methoxy groups -OCH3 is 1. The number of benzene rings is 2. The quantitative estimate of drug-likeness (QED) is 0.759. The van der Waals surface area contributed by atoms with Gasteiger partial charge in [-0.15, -0.1) is 0 Å². The maximum absolute atomic E-state index is 13.0. The third-order valence-electron chi connectivity index (χ3n) is 3.06. The summed E-state index contributed by atoms with van der Waals surface area (Å²) in [5.74, 6) is -1.02. The highest BCUT2D eigenvalue weighted by molar-refractivity contribution is 6.34. The molecule has 132 valence electrons. The van der Waals surface area contributed by atoms with Crippen LogP contribution in [0.25, 0.3) is 0 Å². The Hall–Kier alpha value is -2.64. The number of hydrogen-bond donors (Lipinski definition) is 2. The summed E-state index contributed by atoms with van der Waals surface area (Å²) >= 11 is 5.87. The molecule has 0 aliphatic rings. The van der Waals surface area contributed by atoms with E-state index in [1.54, 1.807) is 24.3 Å². The van der Waals surface area contributed by atoms with Crippen molar-refractivity contribution in [2.45, 2.75) is 0 Å². The molecule has 0 saturated heterocycles. The molecule has 2 rings (SSSR count). The first-order valence-electron chi connectivity index (χ1n) is 7.29. The van der Waals surface area contributed by atoms with E-state index in [9.17, 15) is 14.0 Å². The third-order valence-corrected chi connectivity index (χ3v) is 3.38. The van der Waals surface area contributed by atoms with Crippen molar-refractivity contribution in [3.8, 4) is 0 Å². The standard InChI is InChI=1S/C17H16ClFN2O4/c1-24-7-8-25-17(23)21-13-4-2-3-12(10-13)20-16(22)14-6-5-11(19)9-15(14)18/h2-6,9-10H,7-8H2,1H3,(H,20,22)(H,21,23). The van der Waals surface area contributed by atoms with Gasteiger partial charge in [0.1, 0.15) is 12.4 Å². The Morgan fingerprint density at radius 1 is 1.08 bits per heavy atom. The number of rotatable bonds is 6. The summed E-state index contributed by atoms with van der Waals surface area (Å²) in [4.78, 5) is 23.8. The van der Waals surface area contributed by atoms with Gasteiger partial charge in [-0.25, -0.2) is 9.18 Å². The van der Waals surface area contributed by atoms with Crippen LogP contribution in [0.4, 0.5) is 20.6 Å². The van der Waals surface area contributed by atoms with Gasteiger partial charge in [-0.05, 0) is 36.4 Å². The van der Waals surface area contributed by atoms with Crippen molar-refractivity contribution in [3.63, 3.8) is 0 Å². The third kappa shape index (κ3) is 5.74. The van der Waals surface area contributed by atoms with E-state index < -0.39 is 17.8 Å². The minimum atomic E-state index is -0.637. The van der Waals surface area contributed by atoms with E-state index in [1.807, 2.05) is 0 Å². The summed E-state index contributed by atoms with van der Waals surface area (Å²) in [5.41, 5.74) is 1.01. The zero-order chi connectivity index (χ0) is 18.2. The lowest BCUT2D eigenvalue weighted by Gasteiger charge is -2.10. The molecule has 2 N–H and O–H groups in total. The second kappa shape index (κ2) is 9.00. The lowest BCUT2D eigenvalue weighted by atomic mass is 10.2. The molecule has 0 unspecified atom stereocenters. The highest BCUT2D eigenvalue weighted by Crippen LogP contribution is 2.20. The van der Waals surface area contributed by atoms with E-state index in [1.165, 1.54) is 13.2 Å². The van der Waals surface area contributed by atoms with Crippen molar-refractivity contribution in [1.29, 1.82) is 0 Å². The van der Waals surface area contributed by atoms with E-state index in [4.69, 9.17) is 21.1 Å². The predicted molar refractivity (Wildman–Crippen MR) is 92.7 cm³/mol. The number of nitrogens with one attached hydrogen (secondary N) is 2. The molecule has 0 radical (unpaired) electrons. The van der Waals surface area contributed by atoms with Gasteiger partial charge in [-0.1, -0.05) is 17.7 Å². The lowest BCUT2D eigenvalue weighted by molar-refractivity contribution is 0.102. The van der Waals surface area contributed by atoms with Gasteiger partial charge in [-0.2, -0.15) is 0 Å². The second-order valence-corrected chi connectivity index (χ2v) is 5.32. The smallest absolute Gasteiger partial charge is 0.411 e. The number of carbonyl (C=O) groups is 2. The van der Waals surface area contributed by atoms with Crippen molar-refractivity contribution in [2.75, 3.05) is 31.0 Å². The van der Waals surface area contributed by atoms with E-state index in [2.05, 4.69) is 10.6 Å². The predicted octanol–water partition coefficient (Wildman–Crippen LogP) is 3.93. The van der Waals surface area contributed by atoms with Crippen molar-refractivity contribution >= 4 is 35.0 Å². The number of carbonyl (C=O) groups excluding carboxylic acids is 2. The van der Waals surface area contributed by atoms with Gasteiger partial charge in [0.05, 0.1) is 17.2 Å². The average Bonchev–Trinajstić information content (AvgIpc) is 2.55. The van der Waals surface area contributed by atoms with Crippen molar-refractivity contribution in [3.05, 3.63) is 58.9 Å².